The number of hydrogen-bond donors (Lipinski definition) is 1. The Morgan fingerprint density at radius 3 is 2.25 bits per heavy atom. The van der Waals surface area contributed by atoms with Crippen molar-refractivity contribution in [3.05, 3.63) is 107 Å². The Bertz CT molecular complexity index is 1970. The van der Waals surface area contributed by atoms with Crippen LogP contribution in [0, 0.1) is 18.0 Å². The molecule has 0 fully saturated rings. The first-order chi connectivity index (χ1) is 24.4. The lowest BCUT2D eigenvalue weighted by atomic mass is 10.1. The Balaban J connectivity index is 1.47. The lowest BCUT2D eigenvalue weighted by Crippen LogP contribution is -2.43. The number of hydrogen-bond acceptors (Lipinski definition) is 10. The number of amides is 1. The van der Waals surface area contributed by atoms with Crippen LogP contribution in [0.25, 0.3) is 16.9 Å². The third kappa shape index (κ3) is 10.4. The fourth-order valence-corrected chi connectivity index (χ4v) is 5.48. The van der Waals surface area contributed by atoms with Gasteiger partial charge in [0.05, 0.1) is 34.2 Å². The van der Waals surface area contributed by atoms with Gasteiger partial charge in [0.25, 0.3) is 16.3 Å². The molecule has 18 heteroatoms. The lowest BCUT2D eigenvalue weighted by Gasteiger charge is -2.24. The molecular formula is C34H37F3N6O8S. The summed E-state index contributed by atoms with van der Waals surface area (Å²) >= 11 is 0. The zero-order valence-electron chi connectivity index (χ0n) is 28.8. The van der Waals surface area contributed by atoms with E-state index in [0.29, 0.717) is 5.56 Å². The van der Waals surface area contributed by atoms with Crippen LogP contribution in [-0.4, -0.2) is 66.2 Å². The molecule has 278 valence electrons. The highest BCUT2D eigenvalue weighted by atomic mass is 32.2. The van der Waals surface area contributed by atoms with Gasteiger partial charge in [-0.2, -0.15) is 18.3 Å². The summed E-state index contributed by atoms with van der Waals surface area (Å²) in [4.78, 5) is 29.1. The maximum absolute atomic E-state index is 13.6. The smallest absolute Gasteiger partial charge is 0.435 e. The van der Waals surface area contributed by atoms with E-state index in [-0.39, 0.29) is 27.7 Å². The van der Waals surface area contributed by atoms with Gasteiger partial charge in [-0.1, -0.05) is 74.0 Å². The average molecular weight is 747 g/mol. The van der Waals surface area contributed by atoms with Crippen molar-refractivity contribution in [3.63, 3.8) is 0 Å². The van der Waals surface area contributed by atoms with Crippen molar-refractivity contribution in [2.75, 3.05) is 13.7 Å². The minimum Gasteiger partial charge on any atom is -0.569 e. The Labute approximate surface area is 298 Å². The number of hydrazine groups is 1. The minimum absolute atomic E-state index is 0.0639. The Kier molecular flexibility index (Phi) is 12.5. The number of aromatic nitrogens is 2. The van der Waals surface area contributed by atoms with Crippen LogP contribution in [-0.2, 0) is 41.7 Å². The van der Waals surface area contributed by atoms with E-state index >= 15 is 0 Å². The summed E-state index contributed by atoms with van der Waals surface area (Å²) in [5.74, 6) is -1.00. The standard InChI is InChI=1S/C34H37F3N6O8S/c1-22(2)32(44)50-24(4)51-40-43(46)41(5)28(19-25-9-7-6-8-10-25)21-49-33(45)39-52(47,48)29-17-15-27(16-18-29)42-30(20-31(38-42)34(35,36)37)26-13-11-23(3)12-14-26/h6-18,20,22,24,28H,19,21H2,1-5H3,(H,39,45)/b43-40-/t24?,28-/m0/s1. The molecule has 52 heavy (non-hydrogen) atoms. The molecule has 14 nitrogen and oxygen atoms in total. The molecule has 1 N–H and O–H groups in total. The molecule has 0 saturated carbocycles. The topological polar surface area (TPSA) is 167 Å². The molecule has 1 amide bonds. The first kappa shape index (κ1) is 39.1. The summed E-state index contributed by atoms with van der Waals surface area (Å²) in [7, 11) is -3.19. The molecule has 0 radical (unpaired) electrons. The molecule has 0 aliphatic carbocycles. The zero-order valence-corrected chi connectivity index (χ0v) is 29.6. The number of carbonyl (C=O) groups is 2. The molecule has 2 atom stereocenters. The fourth-order valence-electron chi connectivity index (χ4n) is 4.59. The number of carbonyl (C=O) groups excluding carboxylic acids is 2. The van der Waals surface area contributed by atoms with Crippen LogP contribution in [0.1, 0.15) is 37.6 Å². The van der Waals surface area contributed by atoms with Crippen molar-refractivity contribution in [2.24, 2.45) is 11.2 Å². The second-order valence-corrected chi connectivity index (χ2v) is 13.6. The van der Waals surface area contributed by atoms with Gasteiger partial charge in [-0.05, 0) is 42.8 Å². The van der Waals surface area contributed by atoms with E-state index in [9.17, 15) is 36.4 Å². The fraction of sp³-hybridized carbons (Fsp3) is 0.324. The van der Waals surface area contributed by atoms with Crippen LogP contribution in [0.2, 0.25) is 0 Å². The molecule has 4 rings (SSSR count). The maximum Gasteiger partial charge on any atom is 0.435 e. The van der Waals surface area contributed by atoms with Gasteiger partial charge < -0.3 is 14.7 Å². The van der Waals surface area contributed by atoms with Crippen molar-refractivity contribution in [2.45, 2.75) is 57.5 Å². The van der Waals surface area contributed by atoms with Crippen molar-refractivity contribution < 1.29 is 50.5 Å². The van der Waals surface area contributed by atoms with Crippen LogP contribution in [0.4, 0.5) is 18.0 Å². The van der Waals surface area contributed by atoms with Crippen molar-refractivity contribution >= 4 is 22.1 Å². The first-order valence-corrected chi connectivity index (χ1v) is 17.3. The molecule has 0 bridgehead atoms. The van der Waals surface area contributed by atoms with E-state index < -0.39 is 58.8 Å². The summed E-state index contributed by atoms with van der Waals surface area (Å²) in [6.45, 7) is 5.95. The second-order valence-electron chi connectivity index (χ2n) is 11.9. The number of benzene rings is 3. The van der Waals surface area contributed by atoms with Crippen LogP contribution in [0.15, 0.2) is 95.1 Å². The zero-order chi connectivity index (χ0) is 38.2. The summed E-state index contributed by atoms with van der Waals surface area (Å²) < 4.78 is 80.0. The number of likely N-dealkylation sites (N-methyl/N-ethyl adjacent to an activating group) is 1. The van der Waals surface area contributed by atoms with Crippen LogP contribution in [0.3, 0.4) is 0 Å². The SMILES string of the molecule is Cc1ccc(-c2cc(C(F)(F)F)nn2-c2ccc(S(=O)(=O)NC(=O)OC[C@H](Cc3ccccc3)N(C)/[N+]([O-])=N/OC(C)OC(=O)C(C)C)cc2)cc1. The van der Waals surface area contributed by atoms with E-state index in [1.54, 1.807) is 73.2 Å². The normalized spacial score (nSPS) is 13.3. The van der Waals surface area contributed by atoms with Crippen LogP contribution in [0.5, 0.6) is 0 Å². The molecule has 4 aromatic rings. The maximum atomic E-state index is 13.6. The third-order valence-electron chi connectivity index (χ3n) is 7.49. The number of aryl methyl sites for hydroxylation is 1. The third-order valence-corrected chi connectivity index (χ3v) is 8.82. The summed E-state index contributed by atoms with van der Waals surface area (Å²) in [6.07, 6.45) is -7.12. The van der Waals surface area contributed by atoms with Gasteiger partial charge >= 0.3 is 18.2 Å². The van der Waals surface area contributed by atoms with E-state index in [1.165, 1.54) is 26.1 Å². The summed E-state index contributed by atoms with van der Waals surface area (Å²) in [5.41, 5.74) is 1.21. The molecule has 0 saturated heterocycles. The Morgan fingerprint density at radius 2 is 1.65 bits per heavy atom. The molecule has 1 heterocycles. The van der Waals surface area contributed by atoms with Crippen molar-refractivity contribution in [1.82, 2.24) is 19.5 Å². The monoisotopic (exact) mass is 746 g/mol. The Morgan fingerprint density at radius 1 is 1.02 bits per heavy atom. The molecule has 1 unspecified atom stereocenters. The van der Waals surface area contributed by atoms with Crippen LogP contribution < -0.4 is 4.72 Å². The molecule has 1 aromatic heterocycles. The molecule has 0 aliphatic heterocycles. The number of nitrogens with zero attached hydrogens (tertiary/aromatic N) is 5. The summed E-state index contributed by atoms with van der Waals surface area (Å²) in [5, 5.41) is 20.9. The van der Waals surface area contributed by atoms with Gasteiger partial charge in [0, 0.05) is 18.9 Å². The quantitative estimate of drug-likeness (QED) is 0.0518. The molecule has 0 aliphatic rings. The predicted molar refractivity (Wildman–Crippen MR) is 180 cm³/mol. The van der Waals surface area contributed by atoms with Crippen molar-refractivity contribution in [3.8, 4) is 16.9 Å². The minimum atomic E-state index is -4.73. The number of esters is 1. The van der Waals surface area contributed by atoms with E-state index in [2.05, 4.69) is 10.4 Å². The van der Waals surface area contributed by atoms with Gasteiger partial charge in [-0.25, -0.2) is 22.6 Å². The van der Waals surface area contributed by atoms with Crippen molar-refractivity contribution in [1.29, 1.82) is 0 Å². The number of alkyl halides is 3. The lowest BCUT2D eigenvalue weighted by molar-refractivity contribution is -0.715. The predicted octanol–water partition coefficient (Wildman–Crippen LogP) is 6.18. The first-order valence-electron chi connectivity index (χ1n) is 15.8. The number of rotatable bonds is 14. The van der Waals surface area contributed by atoms with E-state index in [0.717, 1.165) is 39.0 Å². The highest BCUT2D eigenvalue weighted by Gasteiger charge is 2.35. The van der Waals surface area contributed by atoms with Gasteiger partial charge in [0.1, 0.15) is 12.6 Å². The summed E-state index contributed by atoms with van der Waals surface area (Å²) in [6, 6.07) is 20.3. The van der Waals surface area contributed by atoms with Gasteiger partial charge in [0.15, 0.2) is 5.69 Å². The van der Waals surface area contributed by atoms with Gasteiger partial charge in [0.2, 0.25) is 5.28 Å². The van der Waals surface area contributed by atoms with E-state index in [1.807, 2.05) is 6.92 Å². The molecule has 3 aromatic carbocycles. The average Bonchev–Trinajstić information content (AvgIpc) is 3.56. The largest absolute Gasteiger partial charge is 0.569 e. The van der Waals surface area contributed by atoms with E-state index in [4.69, 9.17) is 14.3 Å². The second kappa shape index (κ2) is 16.6. The Hall–Kier alpha value is -5.65. The highest BCUT2D eigenvalue weighted by Crippen LogP contribution is 2.33. The molecular weight excluding hydrogens is 709 g/mol. The number of ether oxygens (including phenoxy) is 2. The number of sulfonamides is 1. The molecule has 0 spiro atoms. The van der Waals surface area contributed by atoms with Gasteiger partial charge in [-0.3, -0.25) is 9.63 Å². The van der Waals surface area contributed by atoms with Gasteiger partial charge in [-0.15, -0.1) is 5.01 Å². The number of halogens is 3. The number of nitrogens with one attached hydrogen (secondary N) is 1. The van der Waals surface area contributed by atoms with Crippen LogP contribution >= 0.6 is 0 Å². The highest BCUT2D eigenvalue weighted by molar-refractivity contribution is 7.90.